The topological polar surface area (TPSA) is 94.0 Å². The Morgan fingerprint density at radius 2 is 1.93 bits per heavy atom. The lowest BCUT2D eigenvalue weighted by atomic mass is 10.2. The molecule has 5 rings (SSSR count). The molecule has 0 atom stereocenters. The average molecular weight is 392 g/mol. The van der Waals surface area contributed by atoms with E-state index < -0.39 is 0 Å². The summed E-state index contributed by atoms with van der Waals surface area (Å²) in [7, 11) is 0. The van der Waals surface area contributed by atoms with E-state index in [0.29, 0.717) is 42.0 Å². The van der Waals surface area contributed by atoms with E-state index in [1.54, 1.807) is 18.2 Å². The third kappa shape index (κ3) is 3.49. The Bertz CT molecular complexity index is 1100. The van der Waals surface area contributed by atoms with Crippen LogP contribution >= 0.6 is 0 Å². The van der Waals surface area contributed by atoms with Crippen LogP contribution in [-0.4, -0.2) is 41.0 Å². The molecule has 29 heavy (non-hydrogen) atoms. The van der Waals surface area contributed by atoms with Gasteiger partial charge in [-0.3, -0.25) is 9.59 Å². The summed E-state index contributed by atoms with van der Waals surface area (Å²) in [6.07, 6.45) is 4.10. The Kier molecular flexibility index (Phi) is 4.31. The minimum absolute atomic E-state index is 0.155. The number of pyridine rings is 1. The van der Waals surface area contributed by atoms with Crippen LogP contribution in [0.15, 0.2) is 42.6 Å². The molecule has 2 aromatic heterocycles. The molecule has 148 valence electrons. The number of amides is 2. The number of anilines is 1. The molecule has 0 spiro atoms. The first-order valence-corrected chi connectivity index (χ1v) is 9.64. The zero-order valence-corrected chi connectivity index (χ0v) is 15.7. The zero-order valence-electron chi connectivity index (χ0n) is 15.7. The van der Waals surface area contributed by atoms with Gasteiger partial charge in [-0.1, -0.05) is 6.07 Å². The SMILES string of the molecule is O=C(CNC(=O)c1nc(C2CC2)n2ccccc12)Nc1ccc2c(c1)OCCO2. The molecule has 0 unspecified atom stereocenters. The number of carbonyl (C=O) groups excluding carboxylic acids is 2. The summed E-state index contributed by atoms with van der Waals surface area (Å²) in [5.74, 6) is 1.87. The van der Waals surface area contributed by atoms with Gasteiger partial charge in [0.1, 0.15) is 19.0 Å². The van der Waals surface area contributed by atoms with E-state index in [9.17, 15) is 9.59 Å². The smallest absolute Gasteiger partial charge is 0.272 e. The van der Waals surface area contributed by atoms with Gasteiger partial charge in [0, 0.05) is 23.9 Å². The zero-order chi connectivity index (χ0) is 19.8. The molecular formula is C21H20N4O4. The summed E-state index contributed by atoms with van der Waals surface area (Å²) < 4.78 is 12.9. The van der Waals surface area contributed by atoms with Gasteiger partial charge >= 0.3 is 0 Å². The molecule has 2 amide bonds. The number of fused-ring (bicyclic) bond motifs is 2. The number of benzene rings is 1. The Balaban J connectivity index is 1.25. The van der Waals surface area contributed by atoms with E-state index >= 15 is 0 Å². The summed E-state index contributed by atoms with van der Waals surface area (Å²) in [6.45, 7) is 0.829. The van der Waals surface area contributed by atoms with Crippen LogP contribution in [0.5, 0.6) is 11.5 Å². The third-order valence-corrected chi connectivity index (χ3v) is 4.97. The summed E-state index contributed by atoms with van der Waals surface area (Å²) in [6, 6.07) is 10.8. The monoisotopic (exact) mass is 392 g/mol. The van der Waals surface area contributed by atoms with Crippen molar-refractivity contribution in [1.29, 1.82) is 0 Å². The Morgan fingerprint density at radius 1 is 1.10 bits per heavy atom. The third-order valence-electron chi connectivity index (χ3n) is 4.97. The van der Waals surface area contributed by atoms with Gasteiger partial charge in [0.2, 0.25) is 5.91 Å². The first-order chi connectivity index (χ1) is 14.2. The first kappa shape index (κ1) is 17.5. The molecule has 1 fully saturated rings. The predicted molar refractivity (Wildman–Crippen MR) is 106 cm³/mol. The fourth-order valence-electron chi connectivity index (χ4n) is 3.43. The second-order valence-corrected chi connectivity index (χ2v) is 7.14. The van der Waals surface area contributed by atoms with E-state index in [0.717, 1.165) is 24.2 Å². The lowest BCUT2D eigenvalue weighted by Gasteiger charge is -2.19. The highest BCUT2D eigenvalue weighted by molar-refractivity contribution is 6.02. The summed E-state index contributed by atoms with van der Waals surface area (Å²) >= 11 is 0. The molecule has 1 aliphatic carbocycles. The molecule has 8 heteroatoms. The van der Waals surface area contributed by atoms with Crippen molar-refractivity contribution in [3.63, 3.8) is 0 Å². The lowest BCUT2D eigenvalue weighted by Crippen LogP contribution is -2.33. The number of carbonyl (C=O) groups is 2. The number of ether oxygens (including phenoxy) is 2. The van der Waals surface area contributed by atoms with E-state index in [-0.39, 0.29) is 18.4 Å². The number of nitrogens with zero attached hydrogens (tertiary/aromatic N) is 2. The number of aromatic nitrogens is 2. The fourth-order valence-corrected chi connectivity index (χ4v) is 3.43. The van der Waals surface area contributed by atoms with Crippen molar-refractivity contribution in [3.8, 4) is 11.5 Å². The summed E-state index contributed by atoms with van der Waals surface area (Å²) in [5.41, 5.74) is 1.68. The van der Waals surface area contributed by atoms with Crippen LogP contribution in [-0.2, 0) is 4.79 Å². The number of rotatable bonds is 5. The van der Waals surface area contributed by atoms with Crippen molar-refractivity contribution in [1.82, 2.24) is 14.7 Å². The van der Waals surface area contributed by atoms with Gasteiger partial charge in [-0.25, -0.2) is 4.98 Å². The van der Waals surface area contributed by atoms with E-state index in [1.807, 2.05) is 28.8 Å². The number of hydrogen-bond donors (Lipinski definition) is 2. The standard InChI is InChI=1S/C21H20N4O4/c26-18(23-14-6-7-16-17(11-14)29-10-9-28-16)12-22-21(27)19-15-3-1-2-8-25(15)20(24-19)13-4-5-13/h1-3,6-8,11,13H,4-5,9-10,12H2,(H,22,27)(H,23,26). The van der Waals surface area contributed by atoms with Crippen molar-refractivity contribution < 1.29 is 19.1 Å². The molecule has 1 aliphatic heterocycles. The lowest BCUT2D eigenvalue weighted by molar-refractivity contribution is -0.115. The van der Waals surface area contributed by atoms with Crippen LogP contribution in [0, 0.1) is 0 Å². The molecule has 3 heterocycles. The second-order valence-electron chi connectivity index (χ2n) is 7.14. The normalized spacial score (nSPS) is 15.2. The molecule has 0 saturated heterocycles. The van der Waals surface area contributed by atoms with Crippen LogP contribution in [0.1, 0.15) is 35.1 Å². The number of hydrogen-bond acceptors (Lipinski definition) is 5. The van der Waals surface area contributed by atoms with Crippen LogP contribution in [0.4, 0.5) is 5.69 Å². The van der Waals surface area contributed by atoms with E-state index in [2.05, 4.69) is 15.6 Å². The highest BCUT2D eigenvalue weighted by Crippen LogP contribution is 2.40. The largest absolute Gasteiger partial charge is 0.486 e. The van der Waals surface area contributed by atoms with Gasteiger partial charge in [-0.05, 0) is 37.1 Å². The highest BCUT2D eigenvalue weighted by atomic mass is 16.6. The molecule has 0 bridgehead atoms. The Labute approximate surface area is 166 Å². The van der Waals surface area contributed by atoms with E-state index in [1.165, 1.54) is 0 Å². The van der Waals surface area contributed by atoms with Gasteiger partial charge in [0.25, 0.3) is 5.91 Å². The second kappa shape index (κ2) is 7.12. The maximum Gasteiger partial charge on any atom is 0.272 e. The maximum atomic E-state index is 12.7. The summed E-state index contributed by atoms with van der Waals surface area (Å²) in [5, 5.41) is 5.42. The molecular weight excluding hydrogens is 372 g/mol. The van der Waals surface area contributed by atoms with Crippen molar-refractivity contribution in [2.24, 2.45) is 0 Å². The highest BCUT2D eigenvalue weighted by Gasteiger charge is 2.30. The van der Waals surface area contributed by atoms with Gasteiger partial charge < -0.3 is 24.5 Å². The minimum atomic E-state index is -0.363. The average Bonchev–Trinajstić information content (AvgIpc) is 3.52. The van der Waals surface area contributed by atoms with E-state index in [4.69, 9.17) is 9.47 Å². The van der Waals surface area contributed by atoms with Crippen molar-refractivity contribution in [3.05, 3.63) is 54.1 Å². The van der Waals surface area contributed by atoms with Gasteiger partial charge in [0.05, 0.1) is 12.1 Å². The first-order valence-electron chi connectivity index (χ1n) is 9.64. The van der Waals surface area contributed by atoms with Gasteiger partial charge in [0.15, 0.2) is 17.2 Å². The van der Waals surface area contributed by atoms with Crippen molar-refractivity contribution in [2.75, 3.05) is 25.1 Å². The fraction of sp³-hybridized carbons (Fsp3) is 0.286. The van der Waals surface area contributed by atoms with Crippen LogP contribution < -0.4 is 20.1 Å². The quantitative estimate of drug-likeness (QED) is 0.695. The van der Waals surface area contributed by atoms with Crippen molar-refractivity contribution >= 4 is 23.0 Å². The number of nitrogens with one attached hydrogen (secondary N) is 2. The molecule has 3 aromatic rings. The van der Waals surface area contributed by atoms with Crippen LogP contribution in [0.25, 0.3) is 5.52 Å². The predicted octanol–water partition coefficient (Wildman–Crippen LogP) is 2.35. The van der Waals surface area contributed by atoms with Crippen LogP contribution in [0.2, 0.25) is 0 Å². The molecule has 0 radical (unpaired) electrons. The molecule has 2 N–H and O–H groups in total. The molecule has 8 nitrogen and oxygen atoms in total. The number of imidazole rings is 1. The van der Waals surface area contributed by atoms with Crippen LogP contribution in [0.3, 0.4) is 0 Å². The Morgan fingerprint density at radius 3 is 2.76 bits per heavy atom. The van der Waals surface area contributed by atoms with Gasteiger partial charge in [-0.15, -0.1) is 0 Å². The van der Waals surface area contributed by atoms with Crippen molar-refractivity contribution in [2.45, 2.75) is 18.8 Å². The molecule has 1 aromatic carbocycles. The maximum absolute atomic E-state index is 12.7. The minimum Gasteiger partial charge on any atom is -0.486 e. The summed E-state index contributed by atoms with van der Waals surface area (Å²) in [4.78, 5) is 29.5. The van der Waals surface area contributed by atoms with Gasteiger partial charge in [-0.2, -0.15) is 0 Å². The Hall–Kier alpha value is -3.55. The molecule has 2 aliphatic rings. The molecule has 1 saturated carbocycles.